The molecular weight excluding hydrogens is 456 g/mol. The van der Waals surface area contributed by atoms with E-state index < -0.39 is 16.1 Å². The SMILES string of the molecule is CCS(=O)(=O)N[C@H](C(=O)NCCc1ccc(OCCOc2ccc(C)cc2)c(OC)c1)C(C)C. The van der Waals surface area contributed by atoms with Crippen LogP contribution >= 0.6 is 0 Å². The molecule has 8 nitrogen and oxygen atoms in total. The number of sulfonamides is 1. The van der Waals surface area contributed by atoms with E-state index in [2.05, 4.69) is 10.0 Å². The van der Waals surface area contributed by atoms with Crippen LogP contribution in [0.4, 0.5) is 0 Å². The van der Waals surface area contributed by atoms with Crippen LogP contribution in [0.25, 0.3) is 0 Å². The number of nitrogens with one attached hydrogen (secondary N) is 2. The highest BCUT2D eigenvalue weighted by molar-refractivity contribution is 7.89. The Kier molecular flexibility index (Phi) is 10.7. The molecule has 0 saturated heterocycles. The molecule has 2 aromatic rings. The van der Waals surface area contributed by atoms with Gasteiger partial charge in [-0.2, -0.15) is 0 Å². The summed E-state index contributed by atoms with van der Waals surface area (Å²) in [6, 6.07) is 12.6. The number of carbonyl (C=O) groups is 1. The Labute approximate surface area is 203 Å². The van der Waals surface area contributed by atoms with Crippen molar-refractivity contribution in [2.75, 3.05) is 32.6 Å². The number of hydrogen-bond donors (Lipinski definition) is 2. The fraction of sp³-hybridized carbons (Fsp3) is 0.480. The molecule has 2 aromatic carbocycles. The lowest BCUT2D eigenvalue weighted by atomic mass is 10.0. The number of methoxy groups -OCH3 is 1. The Morgan fingerprint density at radius 3 is 2.29 bits per heavy atom. The van der Waals surface area contributed by atoms with Crippen LogP contribution in [0.1, 0.15) is 31.9 Å². The quantitative estimate of drug-likeness (QED) is 0.393. The van der Waals surface area contributed by atoms with Gasteiger partial charge in [-0.25, -0.2) is 13.1 Å². The smallest absolute Gasteiger partial charge is 0.238 e. The van der Waals surface area contributed by atoms with Crippen molar-refractivity contribution in [3.05, 3.63) is 53.6 Å². The summed E-state index contributed by atoms with van der Waals surface area (Å²) in [5, 5.41) is 2.82. The van der Waals surface area contributed by atoms with Gasteiger partial charge in [0.25, 0.3) is 0 Å². The predicted octanol–water partition coefficient (Wildman–Crippen LogP) is 3.08. The lowest BCUT2D eigenvalue weighted by Crippen LogP contribution is -2.50. The maximum Gasteiger partial charge on any atom is 0.238 e. The summed E-state index contributed by atoms with van der Waals surface area (Å²) in [7, 11) is -1.90. The van der Waals surface area contributed by atoms with Crippen molar-refractivity contribution >= 4 is 15.9 Å². The average Bonchev–Trinajstić information content (AvgIpc) is 2.81. The summed E-state index contributed by atoms with van der Waals surface area (Å²) in [6.07, 6.45) is 0.560. The Balaban J connectivity index is 1.85. The lowest BCUT2D eigenvalue weighted by molar-refractivity contribution is -0.123. The Morgan fingerprint density at radius 1 is 1.00 bits per heavy atom. The van der Waals surface area contributed by atoms with Crippen LogP contribution in [0.2, 0.25) is 0 Å². The molecule has 0 aliphatic heterocycles. The van der Waals surface area contributed by atoms with Crippen LogP contribution in [0.15, 0.2) is 42.5 Å². The van der Waals surface area contributed by atoms with E-state index in [1.807, 2.05) is 49.4 Å². The summed E-state index contributed by atoms with van der Waals surface area (Å²) < 4.78 is 43.1. The van der Waals surface area contributed by atoms with Crippen LogP contribution in [-0.2, 0) is 21.2 Å². The van der Waals surface area contributed by atoms with Gasteiger partial charge < -0.3 is 19.5 Å². The zero-order valence-corrected chi connectivity index (χ0v) is 21.4. The lowest BCUT2D eigenvalue weighted by Gasteiger charge is -2.21. The van der Waals surface area contributed by atoms with Crippen LogP contribution in [0.5, 0.6) is 17.2 Å². The van der Waals surface area contributed by atoms with E-state index in [4.69, 9.17) is 14.2 Å². The van der Waals surface area contributed by atoms with Gasteiger partial charge in [0.1, 0.15) is 25.0 Å². The second-order valence-corrected chi connectivity index (χ2v) is 10.3. The van der Waals surface area contributed by atoms with Crippen molar-refractivity contribution in [1.29, 1.82) is 0 Å². The van der Waals surface area contributed by atoms with Gasteiger partial charge in [0.15, 0.2) is 11.5 Å². The number of ether oxygens (including phenoxy) is 3. The van der Waals surface area contributed by atoms with Crippen LogP contribution < -0.4 is 24.2 Å². The number of rotatable bonds is 14. The van der Waals surface area contributed by atoms with Crippen LogP contribution in [0.3, 0.4) is 0 Å². The maximum absolute atomic E-state index is 12.5. The minimum atomic E-state index is -3.48. The molecule has 0 fully saturated rings. The highest BCUT2D eigenvalue weighted by Gasteiger charge is 2.26. The molecule has 1 atom stereocenters. The average molecular weight is 493 g/mol. The van der Waals surface area contributed by atoms with Gasteiger partial charge in [0, 0.05) is 6.54 Å². The standard InChI is InChI=1S/C25H36N2O6S/c1-6-34(29,30)27-24(18(2)3)25(28)26-14-13-20-9-12-22(23(17-20)31-5)33-16-15-32-21-10-7-19(4)8-11-21/h7-12,17-18,24,27H,6,13-16H2,1-5H3,(H,26,28)/t24-/m0/s1. The van der Waals surface area contributed by atoms with Crippen molar-refractivity contribution in [3.8, 4) is 17.2 Å². The highest BCUT2D eigenvalue weighted by Crippen LogP contribution is 2.28. The van der Waals surface area contributed by atoms with Gasteiger partial charge in [-0.3, -0.25) is 4.79 Å². The first kappa shape index (κ1) is 27.5. The molecule has 1 amide bonds. The summed E-state index contributed by atoms with van der Waals surface area (Å²) in [5.74, 6) is 1.41. The van der Waals surface area contributed by atoms with E-state index in [1.54, 1.807) is 21.0 Å². The Morgan fingerprint density at radius 2 is 1.68 bits per heavy atom. The van der Waals surface area contributed by atoms with E-state index in [1.165, 1.54) is 12.5 Å². The zero-order valence-electron chi connectivity index (χ0n) is 20.6. The number of aryl methyl sites for hydroxylation is 1. The van der Waals surface area contributed by atoms with Crippen LogP contribution in [0, 0.1) is 12.8 Å². The van der Waals surface area contributed by atoms with Crippen molar-refractivity contribution in [1.82, 2.24) is 10.0 Å². The third kappa shape index (κ3) is 8.87. The molecule has 0 aliphatic rings. The van der Waals surface area contributed by atoms with Gasteiger partial charge in [0.2, 0.25) is 15.9 Å². The maximum atomic E-state index is 12.5. The first-order valence-electron chi connectivity index (χ1n) is 11.4. The largest absolute Gasteiger partial charge is 0.493 e. The van der Waals surface area contributed by atoms with Gasteiger partial charge in [-0.05, 0) is 56.0 Å². The number of benzene rings is 2. The van der Waals surface area contributed by atoms with Crippen LogP contribution in [-0.4, -0.2) is 53.0 Å². The molecule has 0 aliphatic carbocycles. The summed E-state index contributed by atoms with van der Waals surface area (Å²) in [6.45, 7) is 8.30. The van der Waals surface area contributed by atoms with E-state index in [9.17, 15) is 13.2 Å². The van der Waals surface area contributed by atoms with Gasteiger partial charge in [-0.15, -0.1) is 0 Å². The topological polar surface area (TPSA) is 103 Å². The molecule has 188 valence electrons. The fourth-order valence-corrected chi connectivity index (χ4v) is 4.07. The van der Waals surface area contributed by atoms with Crippen molar-refractivity contribution in [3.63, 3.8) is 0 Å². The fourth-order valence-electron chi connectivity index (χ4n) is 3.14. The van der Waals surface area contributed by atoms with E-state index in [0.717, 1.165) is 11.3 Å². The molecule has 2 N–H and O–H groups in total. The zero-order chi connectivity index (χ0) is 25.1. The number of amides is 1. The summed E-state index contributed by atoms with van der Waals surface area (Å²) >= 11 is 0. The molecule has 0 heterocycles. The Hall–Kier alpha value is -2.78. The third-order valence-corrected chi connectivity index (χ3v) is 6.58. The van der Waals surface area contributed by atoms with Gasteiger partial charge >= 0.3 is 0 Å². The minimum absolute atomic E-state index is 0.0736. The minimum Gasteiger partial charge on any atom is -0.493 e. The molecule has 0 aromatic heterocycles. The first-order chi connectivity index (χ1) is 16.1. The summed E-state index contributed by atoms with van der Waals surface area (Å²) in [5.41, 5.74) is 2.13. The molecule has 0 unspecified atom stereocenters. The summed E-state index contributed by atoms with van der Waals surface area (Å²) in [4.78, 5) is 12.5. The molecule has 0 radical (unpaired) electrons. The molecule has 0 saturated carbocycles. The van der Waals surface area contributed by atoms with Gasteiger partial charge in [0.05, 0.1) is 12.9 Å². The van der Waals surface area contributed by atoms with E-state index in [0.29, 0.717) is 37.7 Å². The molecular formula is C25H36N2O6S. The molecule has 2 rings (SSSR count). The number of carbonyl (C=O) groups excluding carboxylic acids is 1. The van der Waals surface area contributed by atoms with Crippen molar-refractivity contribution in [2.45, 2.75) is 40.2 Å². The first-order valence-corrected chi connectivity index (χ1v) is 13.1. The second kappa shape index (κ2) is 13.2. The van der Waals surface area contributed by atoms with E-state index in [-0.39, 0.29) is 17.6 Å². The van der Waals surface area contributed by atoms with Gasteiger partial charge in [-0.1, -0.05) is 37.6 Å². The molecule has 9 heteroatoms. The highest BCUT2D eigenvalue weighted by atomic mass is 32.2. The predicted molar refractivity (Wildman–Crippen MR) is 133 cm³/mol. The monoisotopic (exact) mass is 492 g/mol. The van der Waals surface area contributed by atoms with Crippen molar-refractivity contribution < 1.29 is 27.4 Å². The molecule has 0 spiro atoms. The number of hydrogen-bond acceptors (Lipinski definition) is 6. The molecule has 34 heavy (non-hydrogen) atoms. The van der Waals surface area contributed by atoms with Crippen molar-refractivity contribution in [2.24, 2.45) is 5.92 Å². The van der Waals surface area contributed by atoms with E-state index >= 15 is 0 Å². The molecule has 0 bridgehead atoms. The normalized spacial score (nSPS) is 12.3. The second-order valence-electron chi connectivity index (χ2n) is 8.28. The third-order valence-electron chi connectivity index (χ3n) is 5.21. The Bertz CT molecular complexity index is 1020.